The Labute approximate surface area is 183 Å². The number of sulfone groups is 1. The summed E-state index contributed by atoms with van der Waals surface area (Å²) in [4.78, 5) is 3.80. The molecule has 0 N–H and O–H groups in total. The van der Waals surface area contributed by atoms with Gasteiger partial charge in [0.15, 0.2) is 9.84 Å². The Balaban J connectivity index is 1.80. The first kappa shape index (κ1) is 21.3. The lowest BCUT2D eigenvalue weighted by molar-refractivity contribution is -0.212. The second kappa shape index (κ2) is 8.97. The highest BCUT2D eigenvalue weighted by Crippen LogP contribution is 2.28. The summed E-state index contributed by atoms with van der Waals surface area (Å²) in [6.45, 7) is 0. The minimum Gasteiger partial charge on any atom is -0.879 e. The lowest BCUT2D eigenvalue weighted by atomic mass is 10.2. The van der Waals surface area contributed by atoms with Crippen molar-refractivity contribution < 1.29 is 13.5 Å². The van der Waals surface area contributed by atoms with E-state index in [0.29, 0.717) is 21.3 Å². The molecule has 0 atom stereocenters. The molecule has 150 valence electrons. The summed E-state index contributed by atoms with van der Waals surface area (Å²) < 4.78 is 25.3. The third-order valence-electron chi connectivity index (χ3n) is 3.66. The molecule has 5 nitrogen and oxygen atoms in total. The van der Waals surface area contributed by atoms with Gasteiger partial charge in [-0.25, -0.2) is 8.42 Å². The van der Waals surface area contributed by atoms with Gasteiger partial charge >= 0.3 is 0 Å². The standard InChI is InChI=1S/C20H13Cl3N2O3S/c21-14-5-7-15(8-6-14)24-20(26)25-16-2-1-3-17(11-16)29(27,28)12-13-4-9-18(22)19(23)10-13/h1-12H,(H-,24,25,26)/q-2/p-1. The molecule has 0 bridgehead atoms. The highest BCUT2D eigenvalue weighted by molar-refractivity contribution is 7.93. The van der Waals surface area contributed by atoms with E-state index in [1.54, 1.807) is 24.3 Å². The molecule has 3 aromatic rings. The topological polar surface area (TPSA) is 83.7 Å². The molecular formula is C20H12Cl3N2O3S-3. The first-order valence-electron chi connectivity index (χ1n) is 8.11. The van der Waals surface area contributed by atoms with Crippen LogP contribution in [0.1, 0.15) is 5.56 Å². The van der Waals surface area contributed by atoms with Gasteiger partial charge in [0.2, 0.25) is 0 Å². The average molecular weight is 467 g/mol. The largest absolute Gasteiger partial charge is 0.879 e. The Morgan fingerprint density at radius 2 is 1.66 bits per heavy atom. The van der Waals surface area contributed by atoms with Crippen molar-refractivity contribution in [2.24, 2.45) is 4.99 Å². The zero-order valence-corrected chi connectivity index (χ0v) is 17.7. The Morgan fingerprint density at radius 1 is 0.931 bits per heavy atom. The van der Waals surface area contributed by atoms with Gasteiger partial charge < -0.3 is 15.4 Å². The number of hydrogen-bond donors (Lipinski definition) is 0. The molecule has 0 aliphatic rings. The number of halogens is 3. The monoisotopic (exact) mass is 465 g/mol. The van der Waals surface area contributed by atoms with Gasteiger partial charge in [-0.3, -0.25) is 0 Å². The van der Waals surface area contributed by atoms with Crippen LogP contribution >= 0.6 is 34.8 Å². The second-order valence-electron chi connectivity index (χ2n) is 5.82. The summed E-state index contributed by atoms with van der Waals surface area (Å²) >= 11 is 17.6. The van der Waals surface area contributed by atoms with Crippen molar-refractivity contribution in [3.05, 3.63) is 98.4 Å². The maximum atomic E-state index is 12.7. The lowest BCUT2D eigenvalue weighted by Gasteiger charge is -2.25. The van der Waals surface area contributed by atoms with E-state index in [1.807, 2.05) is 0 Å². The van der Waals surface area contributed by atoms with Gasteiger partial charge in [0.1, 0.15) is 0 Å². The first-order valence-corrected chi connectivity index (χ1v) is 10.8. The number of hydrogen-bond acceptors (Lipinski definition) is 4. The number of nitrogens with zero attached hydrogens (tertiary/aromatic N) is 2. The molecule has 29 heavy (non-hydrogen) atoms. The van der Waals surface area contributed by atoms with Crippen molar-refractivity contribution in [2.45, 2.75) is 4.90 Å². The van der Waals surface area contributed by atoms with E-state index in [1.165, 1.54) is 42.5 Å². The van der Waals surface area contributed by atoms with E-state index in [0.717, 1.165) is 5.75 Å². The van der Waals surface area contributed by atoms with Gasteiger partial charge in [-0.15, -0.1) is 12.1 Å². The molecule has 0 saturated heterocycles. The molecule has 9 heteroatoms. The van der Waals surface area contributed by atoms with Gasteiger partial charge in [-0.2, -0.15) is 11.6 Å². The van der Waals surface area contributed by atoms with Crippen LogP contribution in [0.4, 0.5) is 11.4 Å². The fraction of sp³-hybridized carbons (Fsp3) is 0. The normalized spacial score (nSPS) is 11.9. The molecule has 0 radical (unpaired) electrons. The van der Waals surface area contributed by atoms with Crippen molar-refractivity contribution in [1.29, 1.82) is 0 Å². The molecule has 0 aliphatic heterocycles. The van der Waals surface area contributed by atoms with E-state index in [2.05, 4.69) is 10.3 Å². The molecule has 0 amide bonds. The van der Waals surface area contributed by atoms with Crippen LogP contribution in [0.25, 0.3) is 5.32 Å². The summed E-state index contributed by atoms with van der Waals surface area (Å²) in [7, 11) is -3.81. The van der Waals surface area contributed by atoms with E-state index >= 15 is 0 Å². The third kappa shape index (κ3) is 5.81. The zero-order valence-electron chi connectivity index (χ0n) is 14.6. The summed E-state index contributed by atoms with van der Waals surface area (Å²) in [5.41, 5.74) is 0.923. The maximum Gasteiger partial charge on any atom is 0.155 e. The van der Waals surface area contributed by atoms with Gasteiger partial charge in [0.05, 0.1) is 4.90 Å². The molecule has 3 aromatic carbocycles. The molecule has 0 saturated carbocycles. The van der Waals surface area contributed by atoms with Crippen LogP contribution in [0.5, 0.6) is 0 Å². The fourth-order valence-corrected chi connectivity index (χ4v) is 3.95. The Bertz CT molecular complexity index is 1160. The predicted molar refractivity (Wildman–Crippen MR) is 115 cm³/mol. The molecule has 0 unspecified atom stereocenters. The van der Waals surface area contributed by atoms with Crippen LogP contribution < -0.4 is 5.11 Å². The Kier molecular flexibility index (Phi) is 6.59. The Hall–Kier alpha value is -2.38. The fourth-order valence-electron chi connectivity index (χ4n) is 2.32. The van der Waals surface area contributed by atoms with Crippen LogP contribution in [0.2, 0.25) is 15.1 Å². The Morgan fingerprint density at radius 3 is 2.34 bits per heavy atom. The van der Waals surface area contributed by atoms with Crippen LogP contribution in [0, 0.1) is 5.75 Å². The number of aliphatic imine (C=N–C) groups is 1. The molecule has 0 heterocycles. The smallest absolute Gasteiger partial charge is 0.155 e. The van der Waals surface area contributed by atoms with Crippen LogP contribution in [-0.4, -0.2) is 14.4 Å². The highest BCUT2D eigenvalue weighted by atomic mass is 35.5. The molecule has 0 spiro atoms. The minimum absolute atomic E-state index is 0.0240. The van der Waals surface area contributed by atoms with Gasteiger partial charge in [-0.1, -0.05) is 70.9 Å². The molecule has 0 fully saturated rings. The van der Waals surface area contributed by atoms with Crippen LogP contribution in [-0.2, 0) is 9.84 Å². The average Bonchev–Trinajstić information content (AvgIpc) is 2.66. The van der Waals surface area contributed by atoms with Gasteiger partial charge in [-0.05, 0) is 35.6 Å². The lowest BCUT2D eigenvalue weighted by Crippen LogP contribution is -2.14. The number of benzene rings is 3. The van der Waals surface area contributed by atoms with E-state index < -0.39 is 15.9 Å². The van der Waals surface area contributed by atoms with E-state index in [9.17, 15) is 13.5 Å². The molecular weight excluding hydrogens is 455 g/mol. The molecule has 3 rings (SSSR count). The van der Waals surface area contributed by atoms with Crippen molar-refractivity contribution in [2.75, 3.05) is 0 Å². The quantitative estimate of drug-likeness (QED) is 0.275. The van der Waals surface area contributed by atoms with Crippen molar-refractivity contribution in [3.63, 3.8) is 0 Å². The SMILES string of the molecule is O=S(=O)([CH-]c1ccc(Cl)c(Cl)c1)c1cccc(N=C([O-])[N-]c2ccc(Cl)cc2)c1. The van der Waals surface area contributed by atoms with Crippen molar-refractivity contribution in [1.82, 2.24) is 0 Å². The maximum absolute atomic E-state index is 12.7. The van der Waals surface area contributed by atoms with E-state index in [-0.39, 0.29) is 15.6 Å². The molecule has 0 aliphatic carbocycles. The number of amidine groups is 1. The minimum atomic E-state index is -3.81. The predicted octanol–water partition coefficient (Wildman–Crippen LogP) is 5.68. The van der Waals surface area contributed by atoms with Crippen molar-refractivity contribution in [3.8, 4) is 0 Å². The summed E-state index contributed by atoms with van der Waals surface area (Å²) in [5.74, 6) is 1.06. The van der Waals surface area contributed by atoms with E-state index in [4.69, 9.17) is 34.8 Å². The van der Waals surface area contributed by atoms with Gasteiger partial charge in [0, 0.05) is 15.1 Å². The highest BCUT2D eigenvalue weighted by Gasteiger charge is 2.11. The summed E-state index contributed by atoms with van der Waals surface area (Å²) in [6, 6.07) is 15.8. The summed E-state index contributed by atoms with van der Waals surface area (Å²) in [5, 5.41) is 16.9. The zero-order chi connectivity index (χ0) is 21.0. The second-order valence-corrected chi connectivity index (χ2v) is 8.86. The van der Waals surface area contributed by atoms with Crippen molar-refractivity contribution >= 4 is 62.0 Å². The first-order chi connectivity index (χ1) is 13.7. The molecule has 0 aromatic heterocycles. The third-order valence-corrected chi connectivity index (χ3v) is 6.14. The van der Waals surface area contributed by atoms with Crippen LogP contribution in [0.3, 0.4) is 0 Å². The summed E-state index contributed by atoms with van der Waals surface area (Å²) in [6.07, 6.45) is 0. The number of rotatable bonds is 5. The van der Waals surface area contributed by atoms with Gasteiger partial charge in [0.25, 0.3) is 0 Å². The van der Waals surface area contributed by atoms with Crippen LogP contribution in [0.15, 0.2) is 76.6 Å².